The van der Waals surface area contributed by atoms with Gasteiger partial charge in [0.1, 0.15) is 6.54 Å². The van der Waals surface area contributed by atoms with Gasteiger partial charge in [0.25, 0.3) is 0 Å². The number of piperazine rings is 1. The lowest BCUT2D eigenvalue weighted by Gasteiger charge is -2.43. The van der Waals surface area contributed by atoms with E-state index >= 15 is 0 Å². The highest BCUT2D eigenvalue weighted by Gasteiger charge is 2.44. The fraction of sp³-hybridized carbons (Fsp3) is 0.800. The van der Waals surface area contributed by atoms with Crippen molar-refractivity contribution < 1.29 is 23.9 Å². The van der Waals surface area contributed by atoms with Crippen LogP contribution in [0.5, 0.6) is 0 Å². The van der Waals surface area contributed by atoms with E-state index in [1.54, 1.807) is 18.7 Å². The number of hydrogen-bond acceptors (Lipinski definition) is 6. The molecule has 0 aromatic heterocycles. The number of esters is 2. The molecule has 0 bridgehead atoms. The molecule has 1 saturated heterocycles. The van der Waals surface area contributed by atoms with Crippen LogP contribution in [0.3, 0.4) is 0 Å². The van der Waals surface area contributed by atoms with E-state index in [2.05, 4.69) is 0 Å². The third kappa shape index (κ3) is 3.76. The van der Waals surface area contributed by atoms with Gasteiger partial charge in [-0.15, -0.1) is 0 Å². The largest absolute Gasteiger partial charge is 0.465 e. The summed E-state index contributed by atoms with van der Waals surface area (Å²) in [6.07, 6.45) is 2.77. The third-order valence-corrected chi connectivity index (χ3v) is 4.21. The predicted octanol–water partition coefficient (Wildman–Crippen LogP) is 0.178. The molecule has 7 heteroatoms. The summed E-state index contributed by atoms with van der Waals surface area (Å²) in [5.74, 6) is -0.805. The first kappa shape index (κ1) is 16.7. The minimum absolute atomic E-state index is 0.00108. The molecular weight excluding hydrogens is 288 g/mol. The van der Waals surface area contributed by atoms with E-state index in [0.29, 0.717) is 13.2 Å². The molecule has 1 saturated carbocycles. The van der Waals surface area contributed by atoms with Crippen LogP contribution in [0.1, 0.15) is 33.1 Å². The molecule has 1 aliphatic carbocycles. The van der Waals surface area contributed by atoms with Crippen molar-refractivity contribution in [1.29, 1.82) is 0 Å². The fourth-order valence-corrected chi connectivity index (χ4v) is 3.37. The van der Waals surface area contributed by atoms with E-state index < -0.39 is 0 Å². The van der Waals surface area contributed by atoms with E-state index in [1.165, 1.54) is 0 Å². The average Bonchev–Trinajstić information content (AvgIpc) is 2.93. The first-order chi connectivity index (χ1) is 10.6. The van der Waals surface area contributed by atoms with E-state index in [4.69, 9.17) is 9.47 Å². The summed E-state index contributed by atoms with van der Waals surface area (Å²) < 4.78 is 9.92. The molecule has 0 spiro atoms. The molecule has 0 aromatic rings. The third-order valence-electron chi connectivity index (χ3n) is 4.21. The van der Waals surface area contributed by atoms with Gasteiger partial charge in [-0.25, -0.2) is 0 Å². The Hall–Kier alpha value is -1.63. The average molecular weight is 312 g/mol. The minimum atomic E-state index is -0.375. The smallest absolute Gasteiger partial charge is 0.325 e. The number of fused-ring (bicyclic) bond motifs is 1. The Morgan fingerprint density at radius 1 is 1.05 bits per heavy atom. The molecule has 1 aliphatic heterocycles. The van der Waals surface area contributed by atoms with Crippen LogP contribution in [-0.2, 0) is 23.9 Å². The SMILES string of the molecule is CCOC(=O)CN1CC(=O)N(CC(=O)OCC)[C@H]2CCC[C@H]21. The van der Waals surface area contributed by atoms with Crippen LogP contribution in [0.4, 0.5) is 0 Å². The van der Waals surface area contributed by atoms with Crippen molar-refractivity contribution in [2.24, 2.45) is 0 Å². The zero-order chi connectivity index (χ0) is 16.1. The summed E-state index contributed by atoms with van der Waals surface area (Å²) in [4.78, 5) is 39.2. The van der Waals surface area contributed by atoms with Crippen molar-refractivity contribution in [3.8, 4) is 0 Å². The van der Waals surface area contributed by atoms with Gasteiger partial charge in [-0.05, 0) is 33.1 Å². The summed E-state index contributed by atoms with van der Waals surface area (Å²) in [6, 6.07) is 0.108. The molecule has 0 N–H and O–H groups in total. The summed E-state index contributed by atoms with van der Waals surface area (Å²) >= 11 is 0. The molecule has 1 heterocycles. The fourth-order valence-electron chi connectivity index (χ4n) is 3.37. The van der Waals surface area contributed by atoms with Crippen LogP contribution in [-0.4, -0.2) is 72.6 Å². The summed E-state index contributed by atoms with van der Waals surface area (Å²) in [7, 11) is 0. The van der Waals surface area contributed by atoms with Gasteiger partial charge in [-0.3, -0.25) is 19.3 Å². The van der Waals surface area contributed by atoms with Crippen LogP contribution in [0.2, 0.25) is 0 Å². The number of carbonyl (C=O) groups excluding carboxylic acids is 3. The van der Waals surface area contributed by atoms with Crippen LogP contribution in [0.25, 0.3) is 0 Å². The van der Waals surface area contributed by atoms with Crippen molar-refractivity contribution in [3.05, 3.63) is 0 Å². The van der Waals surface area contributed by atoms with Crippen molar-refractivity contribution in [1.82, 2.24) is 9.80 Å². The molecule has 2 aliphatic rings. The first-order valence-electron chi connectivity index (χ1n) is 7.91. The quantitative estimate of drug-likeness (QED) is 0.651. The van der Waals surface area contributed by atoms with E-state index in [-0.39, 0.29) is 49.6 Å². The minimum Gasteiger partial charge on any atom is -0.465 e. The number of nitrogens with zero attached hydrogens (tertiary/aromatic N) is 2. The maximum Gasteiger partial charge on any atom is 0.325 e. The van der Waals surface area contributed by atoms with Crippen LogP contribution < -0.4 is 0 Å². The second-order valence-electron chi connectivity index (χ2n) is 5.60. The Labute approximate surface area is 130 Å². The van der Waals surface area contributed by atoms with Crippen molar-refractivity contribution >= 4 is 17.8 Å². The maximum atomic E-state index is 12.4. The monoisotopic (exact) mass is 312 g/mol. The van der Waals surface area contributed by atoms with Gasteiger partial charge in [-0.2, -0.15) is 0 Å². The van der Waals surface area contributed by atoms with Crippen molar-refractivity contribution in [2.75, 3.05) is 32.8 Å². The van der Waals surface area contributed by atoms with Gasteiger partial charge in [0, 0.05) is 12.1 Å². The van der Waals surface area contributed by atoms with Gasteiger partial charge < -0.3 is 14.4 Å². The molecule has 2 rings (SSSR count). The molecule has 22 heavy (non-hydrogen) atoms. The zero-order valence-electron chi connectivity index (χ0n) is 13.2. The van der Waals surface area contributed by atoms with E-state index in [9.17, 15) is 14.4 Å². The highest BCUT2D eigenvalue weighted by Crippen LogP contribution is 2.32. The summed E-state index contributed by atoms with van der Waals surface area (Å²) in [6.45, 7) is 4.44. The van der Waals surface area contributed by atoms with Gasteiger partial charge in [0.05, 0.1) is 26.3 Å². The van der Waals surface area contributed by atoms with Gasteiger partial charge in [0.2, 0.25) is 5.91 Å². The molecule has 0 radical (unpaired) electrons. The Morgan fingerprint density at radius 2 is 1.64 bits per heavy atom. The van der Waals surface area contributed by atoms with Crippen molar-refractivity contribution in [3.63, 3.8) is 0 Å². The van der Waals surface area contributed by atoms with E-state index in [0.717, 1.165) is 19.3 Å². The lowest BCUT2D eigenvalue weighted by atomic mass is 10.0. The van der Waals surface area contributed by atoms with Crippen molar-refractivity contribution in [2.45, 2.75) is 45.2 Å². The molecule has 0 unspecified atom stereocenters. The van der Waals surface area contributed by atoms with Gasteiger partial charge in [-0.1, -0.05) is 0 Å². The van der Waals surface area contributed by atoms with E-state index in [1.807, 2.05) is 4.90 Å². The van der Waals surface area contributed by atoms with Crippen LogP contribution in [0, 0.1) is 0 Å². The van der Waals surface area contributed by atoms with Crippen LogP contribution in [0.15, 0.2) is 0 Å². The normalized spacial score (nSPS) is 25.0. The number of rotatable bonds is 6. The second kappa shape index (κ2) is 7.58. The molecule has 2 atom stereocenters. The Balaban J connectivity index is 2.02. The molecule has 2 fully saturated rings. The highest BCUT2D eigenvalue weighted by atomic mass is 16.5. The lowest BCUT2D eigenvalue weighted by molar-refractivity contribution is -0.157. The van der Waals surface area contributed by atoms with Gasteiger partial charge >= 0.3 is 11.9 Å². The predicted molar refractivity (Wildman–Crippen MR) is 78.0 cm³/mol. The number of ether oxygens (including phenoxy) is 2. The lowest BCUT2D eigenvalue weighted by Crippen LogP contribution is -2.61. The molecule has 7 nitrogen and oxygen atoms in total. The Bertz CT molecular complexity index is 440. The summed E-state index contributed by atoms with van der Waals surface area (Å²) in [5, 5.41) is 0. The maximum absolute atomic E-state index is 12.4. The first-order valence-corrected chi connectivity index (χ1v) is 7.91. The Kier molecular flexibility index (Phi) is 5.76. The molecule has 124 valence electrons. The zero-order valence-corrected chi connectivity index (χ0v) is 13.2. The molecule has 1 amide bonds. The topological polar surface area (TPSA) is 76.2 Å². The number of amides is 1. The molecule has 0 aromatic carbocycles. The summed E-state index contributed by atoms with van der Waals surface area (Å²) in [5.41, 5.74) is 0. The molecular formula is C15H24N2O5. The Morgan fingerprint density at radius 3 is 2.27 bits per heavy atom. The van der Waals surface area contributed by atoms with Gasteiger partial charge in [0.15, 0.2) is 0 Å². The highest BCUT2D eigenvalue weighted by molar-refractivity contribution is 5.85. The number of hydrogen-bond donors (Lipinski definition) is 0. The second-order valence-corrected chi connectivity index (χ2v) is 5.60. The number of carbonyl (C=O) groups is 3. The standard InChI is InChI=1S/C15H24N2O5/c1-3-21-14(19)9-16-8-13(18)17(10-15(20)22-4-2)12-7-5-6-11(12)16/h11-12H,3-10H2,1-2H3/t11-,12+/m1/s1. The van der Waals surface area contributed by atoms with Crippen LogP contribution >= 0.6 is 0 Å².